The van der Waals surface area contributed by atoms with E-state index in [4.69, 9.17) is 11.6 Å². The van der Waals surface area contributed by atoms with Crippen molar-refractivity contribution in [3.8, 4) is 0 Å². The predicted molar refractivity (Wildman–Crippen MR) is 65.9 cm³/mol. The van der Waals surface area contributed by atoms with Crippen LogP contribution in [-0.2, 0) is 6.18 Å². The molecule has 0 fully saturated rings. The summed E-state index contributed by atoms with van der Waals surface area (Å²) in [4.78, 5) is 3.68. The van der Waals surface area contributed by atoms with E-state index < -0.39 is 11.7 Å². The van der Waals surface area contributed by atoms with Crippen LogP contribution in [0.3, 0.4) is 0 Å². The molecule has 0 aromatic carbocycles. The number of aromatic nitrogens is 1. The SMILES string of the molecule is CCNCCCNc1ncc(C(F)(F)F)cc1Cl. The van der Waals surface area contributed by atoms with Gasteiger partial charge in [0.2, 0.25) is 0 Å². The number of nitrogens with one attached hydrogen (secondary N) is 2. The van der Waals surface area contributed by atoms with E-state index in [0.29, 0.717) is 6.54 Å². The van der Waals surface area contributed by atoms with Gasteiger partial charge in [0, 0.05) is 12.7 Å². The number of pyridine rings is 1. The Morgan fingerprint density at radius 2 is 2.06 bits per heavy atom. The largest absolute Gasteiger partial charge is 0.417 e. The van der Waals surface area contributed by atoms with E-state index in [1.54, 1.807) is 0 Å². The van der Waals surface area contributed by atoms with E-state index in [-0.39, 0.29) is 10.8 Å². The fourth-order valence-corrected chi connectivity index (χ4v) is 1.55. The van der Waals surface area contributed by atoms with Crippen molar-refractivity contribution in [1.82, 2.24) is 10.3 Å². The first-order valence-corrected chi connectivity index (χ1v) is 6.00. The number of rotatable bonds is 6. The molecule has 0 saturated heterocycles. The zero-order valence-corrected chi connectivity index (χ0v) is 10.7. The van der Waals surface area contributed by atoms with E-state index in [1.807, 2.05) is 6.92 Å². The first kappa shape index (κ1) is 15.0. The maximum Gasteiger partial charge on any atom is 0.417 e. The zero-order chi connectivity index (χ0) is 13.6. The molecule has 1 heterocycles. The topological polar surface area (TPSA) is 37.0 Å². The molecule has 0 atom stereocenters. The van der Waals surface area contributed by atoms with Gasteiger partial charge in [-0.1, -0.05) is 18.5 Å². The number of anilines is 1. The highest BCUT2D eigenvalue weighted by molar-refractivity contribution is 6.32. The number of hydrogen-bond donors (Lipinski definition) is 2. The Bertz CT molecular complexity index is 382. The molecule has 7 heteroatoms. The molecule has 1 aromatic heterocycles. The number of nitrogens with zero attached hydrogens (tertiary/aromatic N) is 1. The lowest BCUT2D eigenvalue weighted by molar-refractivity contribution is -0.137. The van der Waals surface area contributed by atoms with Gasteiger partial charge in [-0.2, -0.15) is 13.2 Å². The van der Waals surface area contributed by atoms with Crippen LogP contribution in [0.25, 0.3) is 0 Å². The third kappa shape index (κ3) is 4.70. The quantitative estimate of drug-likeness (QED) is 0.787. The average molecular weight is 282 g/mol. The van der Waals surface area contributed by atoms with Crippen LogP contribution in [0.2, 0.25) is 5.02 Å². The number of alkyl halides is 3. The molecule has 2 N–H and O–H groups in total. The fourth-order valence-electron chi connectivity index (χ4n) is 1.32. The Kier molecular flexibility index (Phi) is 5.68. The van der Waals surface area contributed by atoms with Gasteiger partial charge in [0.25, 0.3) is 0 Å². The first-order chi connectivity index (χ1) is 8.45. The van der Waals surface area contributed by atoms with E-state index in [9.17, 15) is 13.2 Å². The van der Waals surface area contributed by atoms with Crippen LogP contribution in [-0.4, -0.2) is 24.6 Å². The van der Waals surface area contributed by atoms with Crippen LogP contribution in [0.5, 0.6) is 0 Å². The van der Waals surface area contributed by atoms with Gasteiger partial charge in [0.05, 0.1) is 10.6 Å². The second-order valence-electron chi connectivity index (χ2n) is 3.69. The lowest BCUT2D eigenvalue weighted by Crippen LogP contribution is -2.17. The molecule has 0 saturated carbocycles. The summed E-state index contributed by atoms with van der Waals surface area (Å²) in [5, 5.41) is 6.02. The van der Waals surface area contributed by atoms with Gasteiger partial charge in [-0.3, -0.25) is 0 Å². The highest BCUT2D eigenvalue weighted by Crippen LogP contribution is 2.32. The van der Waals surface area contributed by atoms with Gasteiger partial charge in [-0.05, 0) is 25.6 Å². The van der Waals surface area contributed by atoms with Crippen molar-refractivity contribution in [3.63, 3.8) is 0 Å². The van der Waals surface area contributed by atoms with Crippen molar-refractivity contribution in [2.75, 3.05) is 25.0 Å². The predicted octanol–water partition coefficient (Wildman–Crippen LogP) is 3.17. The molecular formula is C11H15ClF3N3. The molecule has 0 unspecified atom stereocenters. The molecule has 18 heavy (non-hydrogen) atoms. The molecule has 0 amide bonds. The summed E-state index contributed by atoms with van der Waals surface area (Å²) < 4.78 is 37.1. The molecule has 0 aliphatic rings. The normalized spacial score (nSPS) is 11.6. The summed E-state index contributed by atoms with van der Waals surface area (Å²) in [6, 6.07) is 0.876. The van der Waals surface area contributed by atoms with E-state index in [2.05, 4.69) is 15.6 Å². The number of hydrogen-bond acceptors (Lipinski definition) is 3. The summed E-state index contributed by atoms with van der Waals surface area (Å²) in [6.07, 6.45) is -2.80. The van der Waals surface area contributed by atoms with Gasteiger partial charge in [-0.15, -0.1) is 0 Å². The highest BCUT2D eigenvalue weighted by Gasteiger charge is 2.31. The fraction of sp³-hybridized carbons (Fsp3) is 0.545. The van der Waals surface area contributed by atoms with E-state index in [1.165, 1.54) is 0 Å². The maximum atomic E-state index is 12.4. The molecule has 0 spiro atoms. The van der Waals surface area contributed by atoms with Crippen LogP contribution in [0, 0.1) is 0 Å². The van der Waals surface area contributed by atoms with Gasteiger partial charge >= 0.3 is 6.18 Å². The molecular weight excluding hydrogens is 267 g/mol. The minimum absolute atomic E-state index is 0.0201. The van der Waals surface area contributed by atoms with Crippen molar-refractivity contribution in [2.24, 2.45) is 0 Å². The Morgan fingerprint density at radius 1 is 1.33 bits per heavy atom. The highest BCUT2D eigenvalue weighted by atomic mass is 35.5. The third-order valence-corrected chi connectivity index (χ3v) is 2.53. The summed E-state index contributed by atoms with van der Waals surface area (Å²) >= 11 is 5.73. The summed E-state index contributed by atoms with van der Waals surface area (Å²) in [7, 11) is 0. The zero-order valence-electron chi connectivity index (χ0n) is 9.94. The lowest BCUT2D eigenvalue weighted by atomic mass is 10.2. The summed E-state index contributed by atoms with van der Waals surface area (Å²) in [5.74, 6) is 0.279. The molecule has 102 valence electrons. The van der Waals surface area contributed by atoms with E-state index >= 15 is 0 Å². The van der Waals surface area contributed by atoms with Crippen molar-refractivity contribution in [2.45, 2.75) is 19.5 Å². The van der Waals surface area contributed by atoms with Gasteiger partial charge in [0.15, 0.2) is 0 Å². The van der Waals surface area contributed by atoms with Gasteiger partial charge in [0.1, 0.15) is 5.82 Å². The standard InChI is InChI=1S/C11H15ClF3N3/c1-2-16-4-3-5-17-10-9(12)6-8(7-18-10)11(13,14)15/h6-7,16H,2-5H2,1H3,(H,17,18). The Hall–Kier alpha value is -1.01. The van der Waals surface area contributed by atoms with Crippen LogP contribution >= 0.6 is 11.6 Å². The summed E-state index contributed by atoms with van der Waals surface area (Å²) in [5.41, 5.74) is -0.842. The van der Waals surface area contributed by atoms with Crippen molar-refractivity contribution < 1.29 is 13.2 Å². The average Bonchev–Trinajstić information content (AvgIpc) is 2.29. The van der Waals surface area contributed by atoms with Crippen molar-refractivity contribution in [1.29, 1.82) is 0 Å². The Morgan fingerprint density at radius 3 is 2.61 bits per heavy atom. The van der Waals surface area contributed by atoms with Crippen LogP contribution in [0.1, 0.15) is 18.9 Å². The second-order valence-corrected chi connectivity index (χ2v) is 4.09. The van der Waals surface area contributed by atoms with Crippen LogP contribution in [0.15, 0.2) is 12.3 Å². The Balaban J connectivity index is 2.53. The smallest absolute Gasteiger partial charge is 0.369 e. The maximum absolute atomic E-state index is 12.4. The molecule has 1 rings (SSSR count). The minimum Gasteiger partial charge on any atom is -0.369 e. The van der Waals surface area contributed by atoms with Crippen molar-refractivity contribution >= 4 is 17.4 Å². The molecule has 0 aliphatic heterocycles. The van der Waals surface area contributed by atoms with Gasteiger partial charge < -0.3 is 10.6 Å². The molecule has 0 radical (unpaired) electrons. The molecule has 1 aromatic rings. The molecule has 3 nitrogen and oxygen atoms in total. The van der Waals surface area contributed by atoms with Crippen LogP contribution in [0.4, 0.5) is 19.0 Å². The molecule has 0 bridgehead atoms. The van der Waals surface area contributed by atoms with E-state index in [0.717, 1.165) is 31.8 Å². The Labute approximate surface area is 109 Å². The summed E-state index contributed by atoms with van der Waals surface area (Å²) in [6.45, 7) is 4.33. The third-order valence-electron chi connectivity index (χ3n) is 2.24. The van der Waals surface area contributed by atoms with Crippen molar-refractivity contribution in [3.05, 3.63) is 22.8 Å². The molecule has 0 aliphatic carbocycles. The number of halogens is 4. The van der Waals surface area contributed by atoms with Crippen LogP contribution < -0.4 is 10.6 Å². The van der Waals surface area contributed by atoms with Gasteiger partial charge in [-0.25, -0.2) is 4.98 Å². The minimum atomic E-state index is -4.42. The monoisotopic (exact) mass is 281 g/mol. The first-order valence-electron chi connectivity index (χ1n) is 5.62. The second kappa shape index (κ2) is 6.80. The lowest BCUT2D eigenvalue weighted by Gasteiger charge is -2.10.